The average molecular weight is 669 g/mol. The first-order valence-electron chi connectivity index (χ1n) is 17.3. The molecule has 0 atom stereocenters. The lowest BCUT2D eigenvalue weighted by atomic mass is 9.94. The molecule has 3 heterocycles. The Bertz CT molecular complexity index is 3260. The van der Waals surface area contributed by atoms with Gasteiger partial charge in [-0.2, -0.15) is 0 Å². The summed E-state index contributed by atoms with van der Waals surface area (Å²) in [6, 6.07) is 60.6. The Labute approximate surface area is 296 Å². The number of fused-ring (bicyclic) bond motifs is 14. The van der Waals surface area contributed by atoms with E-state index in [1.54, 1.807) is 0 Å². The first kappa shape index (κ1) is 28.4. The van der Waals surface area contributed by atoms with E-state index in [1.807, 2.05) is 23.5 Å². The SMILES string of the molecule is c1cccc(-c2ccc3c(c2)sc2c4ccccc4c4oc5ccccc5c4c32)c2ccccc2c(-c2ccc3c(c2)oc2ccccc23)cc1. The van der Waals surface area contributed by atoms with Gasteiger partial charge in [-0.3, -0.25) is 0 Å². The van der Waals surface area contributed by atoms with Crippen molar-refractivity contribution < 1.29 is 8.83 Å². The minimum absolute atomic E-state index is 0.895. The van der Waals surface area contributed by atoms with Crippen molar-refractivity contribution in [1.29, 1.82) is 0 Å². The van der Waals surface area contributed by atoms with Crippen LogP contribution in [0.3, 0.4) is 0 Å². The van der Waals surface area contributed by atoms with Crippen LogP contribution < -0.4 is 0 Å². The number of hydrogen-bond donors (Lipinski definition) is 0. The lowest BCUT2D eigenvalue weighted by Gasteiger charge is -2.09. The minimum atomic E-state index is 0.895. The molecule has 0 radical (unpaired) electrons. The van der Waals surface area contributed by atoms with E-state index < -0.39 is 0 Å². The molecule has 238 valence electrons. The van der Waals surface area contributed by atoms with Crippen molar-refractivity contribution >= 4 is 96.9 Å². The Morgan fingerprint density at radius 3 is 1.59 bits per heavy atom. The van der Waals surface area contributed by atoms with Gasteiger partial charge in [-0.25, -0.2) is 0 Å². The highest BCUT2D eigenvalue weighted by atomic mass is 32.1. The van der Waals surface area contributed by atoms with Crippen LogP contribution in [0.5, 0.6) is 0 Å². The van der Waals surface area contributed by atoms with Crippen molar-refractivity contribution in [3.8, 4) is 22.3 Å². The number of rotatable bonds is 2. The summed E-state index contributed by atoms with van der Waals surface area (Å²) in [5.41, 5.74) is 8.31. The van der Waals surface area contributed by atoms with Crippen LogP contribution in [-0.2, 0) is 0 Å². The molecule has 51 heavy (non-hydrogen) atoms. The van der Waals surface area contributed by atoms with E-state index in [9.17, 15) is 0 Å². The number of para-hydroxylation sites is 2. The van der Waals surface area contributed by atoms with Gasteiger partial charge in [-0.05, 0) is 63.4 Å². The van der Waals surface area contributed by atoms with Gasteiger partial charge in [0, 0.05) is 52.5 Å². The summed E-state index contributed by atoms with van der Waals surface area (Å²) < 4.78 is 15.4. The Morgan fingerprint density at radius 2 is 0.863 bits per heavy atom. The number of furan rings is 2. The van der Waals surface area contributed by atoms with E-state index in [0.717, 1.165) is 55.0 Å². The van der Waals surface area contributed by atoms with Crippen LogP contribution in [-0.4, -0.2) is 0 Å². The second-order valence-corrected chi connectivity index (χ2v) is 14.2. The zero-order valence-corrected chi connectivity index (χ0v) is 28.2. The maximum Gasteiger partial charge on any atom is 0.143 e. The highest BCUT2D eigenvalue weighted by molar-refractivity contribution is 7.27. The van der Waals surface area contributed by atoms with Gasteiger partial charge in [0.05, 0.1) is 0 Å². The van der Waals surface area contributed by atoms with Crippen LogP contribution in [0.4, 0.5) is 0 Å². The molecule has 0 spiro atoms. The number of hydrogen-bond acceptors (Lipinski definition) is 3. The molecule has 11 aromatic rings. The average Bonchev–Trinajstić information content (AvgIpc) is 3.87. The third kappa shape index (κ3) is 4.29. The predicted molar refractivity (Wildman–Crippen MR) is 217 cm³/mol. The second kappa shape index (κ2) is 11.0. The normalized spacial score (nSPS) is 11.9. The maximum atomic E-state index is 6.55. The third-order valence-electron chi connectivity index (χ3n) is 10.3. The minimum Gasteiger partial charge on any atom is -0.456 e. The highest BCUT2D eigenvalue weighted by Crippen LogP contribution is 2.48. The number of benzene rings is 7. The number of thiophene rings is 1. The molecule has 0 fully saturated rings. The molecule has 0 aliphatic carbocycles. The van der Waals surface area contributed by atoms with E-state index in [0.29, 0.717) is 0 Å². The van der Waals surface area contributed by atoms with Crippen LogP contribution in [0.2, 0.25) is 0 Å². The fraction of sp³-hybridized carbons (Fsp3) is 0. The van der Waals surface area contributed by atoms with Crippen LogP contribution in [0, 0.1) is 0 Å². The van der Waals surface area contributed by atoms with E-state index >= 15 is 0 Å². The van der Waals surface area contributed by atoms with E-state index in [4.69, 9.17) is 8.83 Å². The first-order valence-corrected chi connectivity index (χ1v) is 18.1. The molecule has 0 amide bonds. The Kier molecular flexibility index (Phi) is 6.16. The van der Waals surface area contributed by atoms with Gasteiger partial charge in [-0.1, -0.05) is 140 Å². The van der Waals surface area contributed by atoms with Crippen molar-refractivity contribution in [2.75, 3.05) is 0 Å². The molecule has 0 saturated carbocycles. The summed E-state index contributed by atoms with van der Waals surface area (Å²) in [5, 5.41) is 11.9. The molecule has 0 N–H and O–H groups in total. The largest absolute Gasteiger partial charge is 0.456 e. The lowest BCUT2D eigenvalue weighted by Crippen LogP contribution is -1.83. The fourth-order valence-electron chi connectivity index (χ4n) is 8.03. The summed E-state index contributed by atoms with van der Waals surface area (Å²) >= 11 is 1.87. The quantitative estimate of drug-likeness (QED) is 0.183. The topological polar surface area (TPSA) is 26.3 Å². The smallest absolute Gasteiger partial charge is 0.143 e. The fourth-order valence-corrected chi connectivity index (χ4v) is 9.31. The van der Waals surface area contributed by atoms with Gasteiger partial charge in [0.25, 0.3) is 0 Å². The van der Waals surface area contributed by atoms with Crippen molar-refractivity contribution in [2.24, 2.45) is 0 Å². The van der Waals surface area contributed by atoms with Gasteiger partial charge in [-0.15, -0.1) is 11.3 Å². The molecular weight excluding hydrogens is 641 g/mol. The highest BCUT2D eigenvalue weighted by Gasteiger charge is 2.20. The van der Waals surface area contributed by atoms with E-state index in [-0.39, 0.29) is 0 Å². The summed E-state index contributed by atoms with van der Waals surface area (Å²) in [5.74, 6) is 0. The van der Waals surface area contributed by atoms with Gasteiger partial charge < -0.3 is 8.83 Å². The molecule has 8 aromatic carbocycles. The van der Waals surface area contributed by atoms with Crippen LogP contribution in [0.25, 0.3) is 108 Å². The van der Waals surface area contributed by atoms with Crippen molar-refractivity contribution in [3.63, 3.8) is 0 Å². The predicted octanol–water partition coefficient (Wildman–Crippen LogP) is 14.6. The summed E-state index contributed by atoms with van der Waals surface area (Å²) in [7, 11) is 0. The molecule has 0 saturated heterocycles. The van der Waals surface area contributed by atoms with Crippen molar-refractivity contribution in [1.82, 2.24) is 0 Å². The van der Waals surface area contributed by atoms with Crippen molar-refractivity contribution in [2.45, 2.75) is 0 Å². The molecule has 3 aromatic heterocycles. The van der Waals surface area contributed by atoms with Crippen molar-refractivity contribution in [3.05, 3.63) is 170 Å². The van der Waals surface area contributed by atoms with Gasteiger partial charge in [0.1, 0.15) is 22.3 Å². The monoisotopic (exact) mass is 668 g/mol. The molecule has 0 unspecified atom stereocenters. The molecule has 3 heteroatoms. The molecule has 0 aliphatic rings. The summed E-state index contributed by atoms with van der Waals surface area (Å²) in [4.78, 5) is 0. The molecule has 0 aliphatic heterocycles. The molecule has 11 rings (SSSR count). The Morgan fingerprint density at radius 1 is 0.333 bits per heavy atom. The standard InChI is InChI=1S/C48H28O2S/c1-2-4-14-32(34-16-6-5-15-33(34)31(13-3-1)29-23-25-36-35-17-9-11-21-41(35)49-43(36)27-29)30-24-26-40-44(28-30)51-48-38-19-8-7-18-37(38)47-45(46(40)48)39-20-10-12-22-42(39)50-47/h1-28H. The van der Waals surface area contributed by atoms with Crippen LogP contribution >= 0.6 is 11.3 Å². The Balaban J connectivity index is 1.18. The maximum absolute atomic E-state index is 6.55. The van der Waals surface area contributed by atoms with E-state index in [1.165, 1.54) is 52.8 Å². The summed E-state index contributed by atoms with van der Waals surface area (Å²) in [6.45, 7) is 0. The third-order valence-corrected chi connectivity index (χ3v) is 11.5. The first-order chi connectivity index (χ1) is 25.3. The second-order valence-electron chi connectivity index (χ2n) is 13.2. The molecule has 2 nitrogen and oxygen atoms in total. The van der Waals surface area contributed by atoms with Gasteiger partial charge in [0.2, 0.25) is 0 Å². The lowest BCUT2D eigenvalue weighted by molar-refractivity contribution is 0.669. The molecule has 0 bridgehead atoms. The van der Waals surface area contributed by atoms with E-state index in [2.05, 4.69) is 158 Å². The Hall–Kier alpha value is -6.42. The zero-order chi connectivity index (χ0) is 33.5. The summed E-state index contributed by atoms with van der Waals surface area (Å²) in [6.07, 6.45) is 0. The molecular formula is C48H28O2S. The van der Waals surface area contributed by atoms with Crippen LogP contribution in [0.15, 0.2) is 179 Å². The van der Waals surface area contributed by atoms with Crippen LogP contribution in [0.1, 0.15) is 0 Å². The zero-order valence-electron chi connectivity index (χ0n) is 27.4. The van der Waals surface area contributed by atoms with Gasteiger partial charge >= 0.3 is 0 Å². The van der Waals surface area contributed by atoms with Gasteiger partial charge in [0.15, 0.2) is 0 Å².